The smallest absolute Gasteiger partial charge is 0.191 e. The van der Waals surface area contributed by atoms with Crippen LogP contribution in [0.5, 0.6) is 0 Å². The maximum Gasteiger partial charge on any atom is 0.191 e. The van der Waals surface area contributed by atoms with Gasteiger partial charge < -0.3 is 10.6 Å². The Morgan fingerprint density at radius 2 is 1.91 bits per heavy atom. The van der Waals surface area contributed by atoms with Gasteiger partial charge in [-0.3, -0.25) is 4.99 Å². The van der Waals surface area contributed by atoms with E-state index < -0.39 is 0 Å². The molecule has 0 amide bonds. The largest absolute Gasteiger partial charge is 0.357 e. The molecule has 0 bridgehead atoms. The number of nitrogens with zero attached hydrogens (tertiary/aromatic N) is 1. The molecule has 0 heterocycles. The van der Waals surface area contributed by atoms with E-state index in [4.69, 9.17) is 11.6 Å². The molecule has 5 heteroatoms. The molecule has 0 fully saturated rings. The summed E-state index contributed by atoms with van der Waals surface area (Å²) in [6, 6.07) is 8.55. The van der Waals surface area contributed by atoms with Crippen molar-refractivity contribution in [2.24, 2.45) is 4.99 Å². The molecule has 1 aliphatic rings. The Hall–Kier alpha value is -0.750. The van der Waals surface area contributed by atoms with Crippen molar-refractivity contribution in [2.45, 2.75) is 38.6 Å². The SMILES string of the molecule is CCNC(=NCCCc1ccc(Cl)cc1)NC1CC=CC1.I. The van der Waals surface area contributed by atoms with Crippen molar-refractivity contribution in [3.05, 3.63) is 47.0 Å². The van der Waals surface area contributed by atoms with Gasteiger partial charge in [-0.15, -0.1) is 24.0 Å². The first-order chi connectivity index (χ1) is 10.3. The first kappa shape index (κ1) is 19.3. The maximum atomic E-state index is 5.89. The number of guanidine groups is 1. The maximum absolute atomic E-state index is 5.89. The summed E-state index contributed by atoms with van der Waals surface area (Å²) in [6.45, 7) is 3.82. The van der Waals surface area contributed by atoms with Crippen LogP contribution in [0.1, 0.15) is 31.7 Å². The molecule has 0 aliphatic heterocycles. The van der Waals surface area contributed by atoms with Crippen molar-refractivity contribution in [2.75, 3.05) is 13.1 Å². The second-order valence-corrected chi connectivity index (χ2v) is 5.71. The fourth-order valence-electron chi connectivity index (χ4n) is 2.37. The highest BCUT2D eigenvalue weighted by Gasteiger charge is 2.11. The zero-order valence-electron chi connectivity index (χ0n) is 13.0. The van der Waals surface area contributed by atoms with Crippen LogP contribution in [-0.2, 0) is 6.42 Å². The van der Waals surface area contributed by atoms with Crippen LogP contribution >= 0.6 is 35.6 Å². The molecule has 0 unspecified atom stereocenters. The number of hydrogen-bond donors (Lipinski definition) is 2. The number of hydrogen-bond acceptors (Lipinski definition) is 1. The Balaban J connectivity index is 0.00000242. The molecule has 2 N–H and O–H groups in total. The number of aliphatic imine (C=N–C) groups is 1. The summed E-state index contributed by atoms with van der Waals surface area (Å²) in [6.07, 6.45) is 8.71. The highest BCUT2D eigenvalue weighted by Crippen LogP contribution is 2.11. The molecule has 0 saturated carbocycles. The lowest BCUT2D eigenvalue weighted by Gasteiger charge is -2.16. The molecule has 1 aliphatic carbocycles. The highest BCUT2D eigenvalue weighted by atomic mass is 127. The monoisotopic (exact) mass is 433 g/mol. The minimum Gasteiger partial charge on any atom is -0.357 e. The summed E-state index contributed by atoms with van der Waals surface area (Å²) < 4.78 is 0. The van der Waals surface area contributed by atoms with E-state index in [2.05, 4.69) is 46.8 Å². The van der Waals surface area contributed by atoms with Crippen LogP contribution < -0.4 is 10.6 Å². The highest BCUT2D eigenvalue weighted by molar-refractivity contribution is 14.0. The van der Waals surface area contributed by atoms with E-state index >= 15 is 0 Å². The normalized spacial score (nSPS) is 14.7. The Bertz CT molecular complexity index is 477. The lowest BCUT2D eigenvalue weighted by Crippen LogP contribution is -2.42. The standard InChI is InChI=1S/C17H24ClN3.HI/c1-2-19-17(21-16-7-3-4-8-16)20-13-5-6-14-9-11-15(18)12-10-14;/h3-4,9-12,16H,2,5-8,13H2,1H3,(H2,19,20,21);1H. The van der Waals surface area contributed by atoms with Crippen LogP contribution in [0.3, 0.4) is 0 Å². The van der Waals surface area contributed by atoms with Gasteiger partial charge in [0.05, 0.1) is 0 Å². The Morgan fingerprint density at radius 1 is 1.23 bits per heavy atom. The van der Waals surface area contributed by atoms with Gasteiger partial charge in [0.2, 0.25) is 0 Å². The van der Waals surface area contributed by atoms with E-state index in [0.717, 1.165) is 49.8 Å². The van der Waals surface area contributed by atoms with Crippen molar-refractivity contribution >= 4 is 41.5 Å². The zero-order chi connectivity index (χ0) is 14.9. The molecule has 122 valence electrons. The average Bonchev–Trinajstić information content (AvgIpc) is 2.98. The molecule has 0 radical (unpaired) electrons. The first-order valence-corrected chi connectivity index (χ1v) is 8.10. The van der Waals surface area contributed by atoms with Crippen LogP contribution in [0, 0.1) is 0 Å². The van der Waals surface area contributed by atoms with Gasteiger partial charge in [0.15, 0.2) is 5.96 Å². The molecule has 3 nitrogen and oxygen atoms in total. The first-order valence-electron chi connectivity index (χ1n) is 7.72. The van der Waals surface area contributed by atoms with Crippen molar-refractivity contribution in [3.63, 3.8) is 0 Å². The van der Waals surface area contributed by atoms with Crippen LogP contribution in [0.15, 0.2) is 41.4 Å². The fraction of sp³-hybridized carbons (Fsp3) is 0.471. The molecular weight excluding hydrogens is 409 g/mol. The third-order valence-electron chi connectivity index (χ3n) is 3.50. The lowest BCUT2D eigenvalue weighted by atomic mass is 10.1. The summed E-state index contributed by atoms with van der Waals surface area (Å²) in [4.78, 5) is 4.65. The second-order valence-electron chi connectivity index (χ2n) is 5.27. The number of nitrogens with one attached hydrogen (secondary N) is 2. The predicted molar refractivity (Wildman–Crippen MR) is 106 cm³/mol. The Labute approximate surface area is 155 Å². The topological polar surface area (TPSA) is 36.4 Å². The quantitative estimate of drug-likeness (QED) is 0.232. The molecular formula is C17H25ClIN3. The van der Waals surface area contributed by atoms with Gasteiger partial charge in [-0.2, -0.15) is 0 Å². The van der Waals surface area contributed by atoms with Crippen LogP contribution in [0.4, 0.5) is 0 Å². The van der Waals surface area contributed by atoms with Gasteiger partial charge in [-0.25, -0.2) is 0 Å². The van der Waals surface area contributed by atoms with Crippen molar-refractivity contribution in [3.8, 4) is 0 Å². The van der Waals surface area contributed by atoms with Crippen molar-refractivity contribution in [1.82, 2.24) is 10.6 Å². The van der Waals surface area contributed by atoms with Crippen LogP contribution in [0.25, 0.3) is 0 Å². The van der Waals surface area contributed by atoms with Crippen molar-refractivity contribution < 1.29 is 0 Å². The minimum absolute atomic E-state index is 0. The molecule has 2 rings (SSSR count). The van der Waals surface area contributed by atoms with E-state index in [1.807, 2.05) is 12.1 Å². The molecule has 1 aromatic rings. The lowest BCUT2D eigenvalue weighted by molar-refractivity contribution is 0.632. The summed E-state index contributed by atoms with van der Waals surface area (Å²) >= 11 is 5.89. The van der Waals surface area contributed by atoms with Gasteiger partial charge in [0.1, 0.15) is 0 Å². The molecule has 0 atom stereocenters. The van der Waals surface area contributed by atoms with Gasteiger partial charge in [-0.05, 0) is 50.3 Å². The van der Waals surface area contributed by atoms with Gasteiger partial charge in [0.25, 0.3) is 0 Å². The summed E-state index contributed by atoms with van der Waals surface area (Å²) in [5, 5.41) is 7.58. The summed E-state index contributed by atoms with van der Waals surface area (Å²) in [5.74, 6) is 0.933. The zero-order valence-corrected chi connectivity index (χ0v) is 16.1. The second kappa shape index (κ2) is 10.9. The van der Waals surface area contributed by atoms with Crippen molar-refractivity contribution in [1.29, 1.82) is 0 Å². The number of rotatable bonds is 6. The Kier molecular flexibility index (Phi) is 9.55. The van der Waals surface area contributed by atoms with E-state index in [9.17, 15) is 0 Å². The summed E-state index contributed by atoms with van der Waals surface area (Å²) in [5.41, 5.74) is 1.31. The van der Waals surface area contributed by atoms with E-state index in [-0.39, 0.29) is 24.0 Å². The minimum atomic E-state index is 0. The number of halogens is 2. The number of aryl methyl sites for hydroxylation is 1. The van der Waals surface area contributed by atoms with Crippen LogP contribution in [-0.4, -0.2) is 25.1 Å². The predicted octanol–water partition coefficient (Wildman–Crippen LogP) is 4.16. The molecule has 0 aromatic heterocycles. The summed E-state index contributed by atoms with van der Waals surface area (Å²) in [7, 11) is 0. The fourth-order valence-corrected chi connectivity index (χ4v) is 2.50. The third kappa shape index (κ3) is 7.01. The van der Waals surface area contributed by atoms with E-state index in [1.54, 1.807) is 0 Å². The average molecular weight is 434 g/mol. The van der Waals surface area contributed by atoms with Gasteiger partial charge in [0, 0.05) is 24.2 Å². The molecule has 22 heavy (non-hydrogen) atoms. The molecule has 0 saturated heterocycles. The third-order valence-corrected chi connectivity index (χ3v) is 3.75. The van der Waals surface area contributed by atoms with Gasteiger partial charge in [-0.1, -0.05) is 35.9 Å². The Morgan fingerprint density at radius 3 is 2.55 bits per heavy atom. The molecule has 1 aromatic carbocycles. The number of benzene rings is 1. The van der Waals surface area contributed by atoms with E-state index in [1.165, 1.54) is 5.56 Å². The van der Waals surface area contributed by atoms with E-state index in [0.29, 0.717) is 6.04 Å². The van der Waals surface area contributed by atoms with Gasteiger partial charge >= 0.3 is 0 Å². The molecule has 0 spiro atoms. The van der Waals surface area contributed by atoms with Crippen LogP contribution in [0.2, 0.25) is 5.02 Å².